The molecule has 0 spiro atoms. The summed E-state index contributed by atoms with van der Waals surface area (Å²) in [5.74, 6) is -0.329. The van der Waals surface area contributed by atoms with Crippen molar-refractivity contribution in [2.45, 2.75) is 19.3 Å². The molecular weight excluding hydrogens is 217 g/mol. The first-order valence-corrected chi connectivity index (χ1v) is 5.42. The summed E-state index contributed by atoms with van der Waals surface area (Å²) in [6, 6.07) is 4.61. The Hall–Kier alpha value is -0.800. The molecule has 1 aromatic carbocycles. The topological polar surface area (TPSA) is 32.3 Å². The third-order valence-corrected chi connectivity index (χ3v) is 2.41. The van der Waals surface area contributed by atoms with E-state index in [9.17, 15) is 4.39 Å². The molecule has 15 heavy (non-hydrogen) atoms. The highest BCUT2D eigenvalue weighted by molar-refractivity contribution is 6.33. The number of unbranched alkanes of at least 4 members (excludes halogenated alkanes) is 2. The van der Waals surface area contributed by atoms with E-state index in [2.05, 4.69) is 5.32 Å². The van der Waals surface area contributed by atoms with Gasteiger partial charge in [-0.25, -0.2) is 4.39 Å². The van der Waals surface area contributed by atoms with Gasteiger partial charge in [0.15, 0.2) is 0 Å². The molecule has 2 N–H and O–H groups in total. The average Bonchev–Trinajstić information content (AvgIpc) is 2.21. The van der Waals surface area contributed by atoms with Gasteiger partial charge in [0.05, 0.1) is 10.7 Å². The van der Waals surface area contributed by atoms with Crippen molar-refractivity contribution in [3.63, 3.8) is 0 Å². The van der Waals surface area contributed by atoms with Gasteiger partial charge in [0.25, 0.3) is 0 Å². The lowest BCUT2D eigenvalue weighted by Crippen LogP contribution is -2.04. The smallest absolute Gasteiger partial charge is 0.147 e. The second-order valence-corrected chi connectivity index (χ2v) is 3.71. The van der Waals surface area contributed by atoms with Crippen molar-refractivity contribution >= 4 is 17.3 Å². The molecule has 2 nitrogen and oxygen atoms in total. The Kier molecular flexibility index (Phi) is 5.43. The lowest BCUT2D eigenvalue weighted by atomic mass is 10.2. The Labute approximate surface area is 94.1 Å². The minimum absolute atomic E-state index is 0.209. The Bertz CT molecular complexity index is 286. The van der Waals surface area contributed by atoms with Gasteiger partial charge in [0.1, 0.15) is 5.82 Å². The molecule has 0 saturated heterocycles. The van der Waals surface area contributed by atoms with E-state index in [0.29, 0.717) is 17.3 Å². The van der Waals surface area contributed by atoms with Gasteiger partial charge in [-0.05, 0) is 31.4 Å². The molecule has 0 fully saturated rings. The van der Waals surface area contributed by atoms with Crippen LogP contribution in [-0.4, -0.2) is 18.3 Å². The summed E-state index contributed by atoms with van der Waals surface area (Å²) in [6.45, 7) is 0.876. The second-order valence-electron chi connectivity index (χ2n) is 3.31. The second kappa shape index (κ2) is 6.64. The lowest BCUT2D eigenvalue weighted by Gasteiger charge is -2.08. The fourth-order valence-corrected chi connectivity index (χ4v) is 1.52. The summed E-state index contributed by atoms with van der Waals surface area (Å²) in [7, 11) is 0. The van der Waals surface area contributed by atoms with Crippen molar-refractivity contribution in [1.29, 1.82) is 0 Å². The molecule has 0 aliphatic carbocycles. The molecule has 0 amide bonds. The highest BCUT2D eigenvalue weighted by Gasteiger charge is 2.04. The van der Waals surface area contributed by atoms with E-state index in [-0.39, 0.29) is 12.4 Å². The monoisotopic (exact) mass is 231 g/mol. The summed E-state index contributed by atoms with van der Waals surface area (Å²) >= 11 is 5.83. The maximum Gasteiger partial charge on any atom is 0.147 e. The van der Waals surface area contributed by atoms with Gasteiger partial charge in [-0.15, -0.1) is 0 Å². The van der Waals surface area contributed by atoms with Gasteiger partial charge in [0, 0.05) is 13.2 Å². The first-order chi connectivity index (χ1) is 7.25. The minimum Gasteiger partial charge on any atom is -0.396 e. The van der Waals surface area contributed by atoms with Crippen LogP contribution in [-0.2, 0) is 0 Å². The molecule has 1 rings (SSSR count). The summed E-state index contributed by atoms with van der Waals surface area (Å²) in [5.41, 5.74) is 0.364. The summed E-state index contributed by atoms with van der Waals surface area (Å²) < 4.78 is 13.2. The number of hydrogen-bond donors (Lipinski definition) is 2. The van der Waals surface area contributed by atoms with E-state index in [4.69, 9.17) is 16.7 Å². The number of benzene rings is 1. The molecule has 0 aromatic heterocycles. The fourth-order valence-electron chi connectivity index (χ4n) is 1.29. The van der Waals surface area contributed by atoms with Crippen LogP contribution in [0.4, 0.5) is 10.1 Å². The molecule has 0 radical (unpaired) electrons. The fraction of sp³-hybridized carbons (Fsp3) is 0.455. The number of rotatable bonds is 6. The van der Waals surface area contributed by atoms with Crippen LogP contribution in [0.25, 0.3) is 0 Å². The third kappa shape index (κ3) is 4.06. The SMILES string of the molecule is OCCCCCNc1c(F)cccc1Cl. The van der Waals surface area contributed by atoms with Gasteiger partial charge >= 0.3 is 0 Å². The van der Waals surface area contributed by atoms with E-state index in [0.717, 1.165) is 19.3 Å². The summed E-state index contributed by atoms with van der Waals surface area (Å²) in [4.78, 5) is 0. The van der Waals surface area contributed by atoms with Gasteiger partial charge in [0.2, 0.25) is 0 Å². The first-order valence-electron chi connectivity index (χ1n) is 5.04. The highest BCUT2D eigenvalue weighted by Crippen LogP contribution is 2.24. The van der Waals surface area contributed by atoms with Crippen LogP contribution in [0.3, 0.4) is 0 Å². The number of aliphatic hydroxyl groups is 1. The zero-order chi connectivity index (χ0) is 11.1. The van der Waals surface area contributed by atoms with E-state index in [1.165, 1.54) is 6.07 Å². The van der Waals surface area contributed by atoms with E-state index in [1.54, 1.807) is 12.1 Å². The Morgan fingerprint density at radius 2 is 2.07 bits per heavy atom. The van der Waals surface area contributed by atoms with Crippen LogP contribution < -0.4 is 5.32 Å². The largest absolute Gasteiger partial charge is 0.396 e. The van der Waals surface area contributed by atoms with Crippen LogP contribution in [0.2, 0.25) is 5.02 Å². The molecule has 0 atom stereocenters. The van der Waals surface area contributed by atoms with Crippen LogP contribution in [0.15, 0.2) is 18.2 Å². The predicted molar refractivity (Wildman–Crippen MR) is 60.8 cm³/mol. The zero-order valence-electron chi connectivity index (χ0n) is 8.47. The van der Waals surface area contributed by atoms with Crippen molar-refractivity contribution in [3.05, 3.63) is 29.0 Å². The van der Waals surface area contributed by atoms with E-state index >= 15 is 0 Å². The van der Waals surface area contributed by atoms with Crippen LogP contribution in [0.5, 0.6) is 0 Å². The average molecular weight is 232 g/mol. The molecule has 0 aliphatic heterocycles. The standard InChI is InChI=1S/C11H15ClFNO/c12-9-5-4-6-10(13)11(9)14-7-2-1-3-8-15/h4-6,14-15H,1-3,7-8H2. The van der Waals surface area contributed by atoms with Crippen molar-refractivity contribution in [3.8, 4) is 0 Å². The quantitative estimate of drug-likeness (QED) is 0.738. The number of halogens is 2. The number of para-hydroxylation sites is 1. The maximum absolute atomic E-state index is 13.2. The number of aliphatic hydroxyl groups excluding tert-OH is 1. The van der Waals surface area contributed by atoms with E-state index < -0.39 is 0 Å². The summed E-state index contributed by atoms with van der Waals surface area (Å²) in [5, 5.41) is 11.9. The van der Waals surface area contributed by atoms with Crippen LogP contribution >= 0.6 is 11.6 Å². The van der Waals surface area contributed by atoms with Gasteiger partial charge < -0.3 is 10.4 Å². The molecular formula is C11H15ClFNO. The molecule has 0 heterocycles. The minimum atomic E-state index is -0.329. The number of anilines is 1. The Morgan fingerprint density at radius 3 is 2.73 bits per heavy atom. The Morgan fingerprint density at radius 1 is 1.27 bits per heavy atom. The number of nitrogens with one attached hydrogen (secondary N) is 1. The van der Waals surface area contributed by atoms with Crippen molar-refractivity contribution in [1.82, 2.24) is 0 Å². The molecule has 0 bridgehead atoms. The molecule has 1 aromatic rings. The third-order valence-electron chi connectivity index (χ3n) is 2.10. The van der Waals surface area contributed by atoms with Gasteiger partial charge in [-0.1, -0.05) is 17.7 Å². The lowest BCUT2D eigenvalue weighted by molar-refractivity contribution is 0.283. The normalized spacial score (nSPS) is 10.3. The number of hydrogen-bond acceptors (Lipinski definition) is 2. The molecule has 0 aliphatic rings. The zero-order valence-corrected chi connectivity index (χ0v) is 9.23. The first kappa shape index (κ1) is 12.3. The van der Waals surface area contributed by atoms with Crippen LogP contribution in [0.1, 0.15) is 19.3 Å². The predicted octanol–water partition coefficient (Wildman–Crippen LogP) is 3.05. The molecule has 84 valence electrons. The van der Waals surface area contributed by atoms with Crippen molar-refractivity contribution in [2.24, 2.45) is 0 Å². The van der Waals surface area contributed by atoms with Gasteiger partial charge in [-0.3, -0.25) is 0 Å². The van der Waals surface area contributed by atoms with Crippen molar-refractivity contribution in [2.75, 3.05) is 18.5 Å². The maximum atomic E-state index is 13.2. The Balaban J connectivity index is 2.37. The van der Waals surface area contributed by atoms with Crippen LogP contribution in [0, 0.1) is 5.82 Å². The summed E-state index contributed by atoms with van der Waals surface area (Å²) in [6.07, 6.45) is 2.60. The van der Waals surface area contributed by atoms with E-state index in [1.807, 2.05) is 0 Å². The molecule has 0 unspecified atom stereocenters. The highest BCUT2D eigenvalue weighted by atomic mass is 35.5. The molecule has 4 heteroatoms. The molecule has 0 saturated carbocycles. The van der Waals surface area contributed by atoms with Gasteiger partial charge in [-0.2, -0.15) is 0 Å². The van der Waals surface area contributed by atoms with Crippen molar-refractivity contribution < 1.29 is 9.50 Å².